The van der Waals surface area contributed by atoms with E-state index in [1.807, 2.05) is 32.0 Å². The number of ether oxygens (including phenoxy) is 1. The van der Waals surface area contributed by atoms with Crippen molar-refractivity contribution in [2.75, 3.05) is 12.4 Å². The zero-order valence-electron chi connectivity index (χ0n) is 10.7. The number of benzene rings is 1. The maximum atomic E-state index is 11.4. The number of nitrogens with one attached hydrogen (secondary N) is 1. The Labute approximate surface area is 102 Å². The molecule has 1 aromatic carbocycles. The van der Waals surface area contributed by atoms with Gasteiger partial charge in [0.15, 0.2) is 0 Å². The first-order valence-corrected chi connectivity index (χ1v) is 5.68. The molecule has 0 saturated carbocycles. The summed E-state index contributed by atoms with van der Waals surface area (Å²) in [4.78, 5) is 11.4. The fourth-order valence-electron chi connectivity index (χ4n) is 1.52. The monoisotopic (exact) mass is 233 g/mol. The number of hydrogen-bond acceptors (Lipinski definition) is 2. The van der Waals surface area contributed by atoms with Gasteiger partial charge in [-0.15, -0.1) is 0 Å². The fourth-order valence-corrected chi connectivity index (χ4v) is 1.52. The van der Waals surface area contributed by atoms with Crippen LogP contribution in [-0.4, -0.2) is 13.0 Å². The molecule has 1 aromatic rings. The van der Waals surface area contributed by atoms with Gasteiger partial charge >= 0.3 is 0 Å². The predicted octanol–water partition coefficient (Wildman–Crippen LogP) is 3.16. The summed E-state index contributed by atoms with van der Waals surface area (Å²) in [6.07, 6.45) is 1.22. The topological polar surface area (TPSA) is 38.3 Å². The zero-order valence-corrected chi connectivity index (χ0v) is 10.7. The quantitative estimate of drug-likeness (QED) is 0.793. The molecule has 0 aliphatic rings. The molecule has 17 heavy (non-hydrogen) atoms. The van der Waals surface area contributed by atoms with Crippen LogP contribution in [0.15, 0.2) is 30.4 Å². The van der Waals surface area contributed by atoms with Gasteiger partial charge < -0.3 is 10.1 Å². The van der Waals surface area contributed by atoms with Crippen LogP contribution >= 0.6 is 0 Å². The third kappa shape index (κ3) is 3.94. The van der Waals surface area contributed by atoms with E-state index in [0.717, 1.165) is 29.0 Å². The van der Waals surface area contributed by atoms with Gasteiger partial charge in [-0.2, -0.15) is 0 Å². The smallest absolute Gasteiger partial charge is 0.224 e. The number of anilines is 1. The number of carbonyl (C=O) groups is 1. The molecule has 1 rings (SSSR count). The van der Waals surface area contributed by atoms with Crippen molar-refractivity contribution in [1.29, 1.82) is 0 Å². The summed E-state index contributed by atoms with van der Waals surface area (Å²) >= 11 is 0. The molecule has 3 nitrogen and oxygen atoms in total. The van der Waals surface area contributed by atoms with E-state index < -0.39 is 0 Å². The molecule has 0 atom stereocenters. The Morgan fingerprint density at radius 1 is 1.47 bits per heavy atom. The maximum Gasteiger partial charge on any atom is 0.224 e. The molecule has 0 radical (unpaired) electrons. The minimum absolute atomic E-state index is 0.00113. The van der Waals surface area contributed by atoms with Gasteiger partial charge in [0.1, 0.15) is 5.75 Å². The van der Waals surface area contributed by atoms with Crippen molar-refractivity contribution in [1.82, 2.24) is 0 Å². The number of carbonyl (C=O) groups excluding carboxylic acids is 1. The highest BCUT2D eigenvalue weighted by atomic mass is 16.5. The zero-order chi connectivity index (χ0) is 12.8. The van der Waals surface area contributed by atoms with Crippen molar-refractivity contribution in [3.63, 3.8) is 0 Å². The minimum atomic E-state index is 0.00113. The van der Waals surface area contributed by atoms with E-state index in [4.69, 9.17) is 4.74 Å². The number of rotatable bonds is 5. The number of methoxy groups -OCH3 is 1. The summed E-state index contributed by atoms with van der Waals surface area (Å²) in [5, 5.41) is 2.88. The normalized spacial score (nSPS) is 9.82. The molecule has 0 spiro atoms. The molecular formula is C14H19NO2. The SMILES string of the molecule is C=C(C)Cc1ccc(OC)cc1NC(=O)CC. The first-order chi connectivity index (χ1) is 8.06. The van der Waals surface area contributed by atoms with Crippen LogP contribution in [0.2, 0.25) is 0 Å². The molecule has 0 aliphatic carbocycles. The lowest BCUT2D eigenvalue weighted by Crippen LogP contribution is -2.11. The number of amides is 1. The predicted molar refractivity (Wildman–Crippen MR) is 70.4 cm³/mol. The summed E-state index contributed by atoms with van der Waals surface area (Å²) in [6, 6.07) is 5.69. The Morgan fingerprint density at radius 3 is 2.71 bits per heavy atom. The number of hydrogen-bond donors (Lipinski definition) is 1. The van der Waals surface area contributed by atoms with E-state index >= 15 is 0 Å². The molecule has 1 N–H and O–H groups in total. The third-order valence-corrected chi connectivity index (χ3v) is 2.40. The van der Waals surface area contributed by atoms with Crippen LogP contribution in [0.25, 0.3) is 0 Å². The molecule has 92 valence electrons. The van der Waals surface area contributed by atoms with E-state index in [0.29, 0.717) is 6.42 Å². The van der Waals surface area contributed by atoms with E-state index in [9.17, 15) is 4.79 Å². The van der Waals surface area contributed by atoms with Gasteiger partial charge in [-0.3, -0.25) is 4.79 Å². The van der Waals surface area contributed by atoms with Crippen molar-refractivity contribution < 1.29 is 9.53 Å². The van der Waals surface area contributed by atoms with Crippen LogP contribution in [0.1, 0.15) is 25.8 Å². The molecule has 0 aromatic heterocycles. The van der Waals surface area contributed by atoms with Crippen molar-refractivity contribution >= 4 is 11.6 Å². The first kappa shape index (κ1) is 13.3. The molecule has 0 bridgehead atoms. The molecule has 3 heteroatoms. The van der Waals surface area contributed by atoms with E-state index in [1.165, 1.54) is 0 Å². The highest BCUT2D eigenvalue weighted by Crippen LogP contribution is 2.24. The van der Waals surface area contributed by atoms with Crippen LogP contribution in [0.5, 0.6) is 5.75 Å². The van der Waals surface area contributed by atoms with Crippen LogP contribution in [0.4, 0.5) is 5.69 Å². The van der Waals surface area contributed by atoms with Crippen molar-refractivity contribution in [3.8, 4) is 5.75 Å². The number of allylic oxidation sites excluding steroid dienone is 1. The average Bonchev–Trinajstić information content (AvgIpc) is 2.30. The highest BCUT2D eigenvalue weighted by Gasteiger charge is 2.07. The lowest BCUT2D eigenvalue weighted by Gasteiger charge is -2.12. The molecule has 1 amide bonds. The van der Waals surface area contributed by atoms with Crippen molar-refractivity contribution in [2.45, 2.75) is 26.7 Å². The van der Waals surface area contributed by atoms with Crippen LogP contribution in [0.3, 0.4) is 0 Å². The van der Waals surface area contributed by atoms with E-state index in [-0.39, 0.29) is 5.91 Å². The molecule has 0 heterocycles. The largest absolute Gasteiger partial charge is 0.497 e. The summed E-state index contributed by atoms with van der Waals surface area (Å²) in [5.41, 5.74) is 2.92. The maximum absolute atomic E-state index is 11.4. The van der Waals surface area contributed by atoms with Gasteiger partial charge in [0, 0.05) is 18.2 Å². The Kier molecular flexibility index (Phi) is 4.76. The molecule has 0 fully saturated rings. The molecule has 0 saturated heterocycles. The Morgan fingerprint density at radius 2 is 2.18 bits per heavy atom. The third-order valence-electron chi connectivity index (χ3n) is 2.40. The van der Waals surface area contributed by atoms with Crippen molar-refractivity contribution in [3.05, 3.63) is 35.9 Å². The van der Waals surface area contributed by atoms with Gasteiger partial charge in [0.05, 0.1) is 7.11 Å². The lowest BCUT2D eigenvalue weighted by atomic mass is 10.0. The first-order valence-electron chi connectivity index (χ1n) is 5.68. The summed E-state index contributed by atoms with van der Waals surface area (Å²) < 4.78 is 5.16. The second kappa shape index (κ2) is 6.09. The van der Waals surface area contributed by atoms with Crippen LogP contribution < -0.4 is 10.1 Å². The van der Waals surface area contributed by atoms with E-state index in [1.54, 1.807) is 7.11 Å². The Bertz CT molecular complexity index is 424. The Balaban J connectivity index is 3.02. The van der Waals surface area contributed by atoms with Gasteiger partial charge in [0.2, 0.25) is 5.91 Å². The highest BCUT2D eigenvalue weighted by molar-refractivity contribution is 5.91. The second-order valence-electron chi connectivity index (χ2n) is 4.06. The van der Waals surface area contributed by atoms with Crippen LogP contribution in [0, 0.1) is 0 Å². The summed E-state index contributed by atoms with van der Waals surface area (Å²) in [7, 11) is 1.61. The average molecular weight is 233 g/mol. The second-order valence-corrected chi connectivity index (χ2v) is 4.06. The van der Waals surface area contributed by atoms with Gasteiger partial charge in [0.25, 0.3) is 0 Å². The summed E-state index contributed by atoms with van der Waals surface area (Å²) in [6.45, 7) is 7.68. The summed E-state index contributed by atoms with van der Waals surface area (Å²) in [5.74, 6) is 0.739. The molecule has 0 aliphatic heterocycles. The standard InChI is InChI=1S/C14H19NO2/c1-5-14(16)15-13-9-12(17-4)7-6-11(13)8-10(2)3/h6-7,9H,2,5,8H2,1,3-4H3,(H,15,16). The molecule has 0 unspecified atom stereocenters. The molecular weight excluding hydrogens is 214 g/mol. The van der Waals surface area contributed by atoms with Gasteiger partial charge in [-0.25, -0.2) is 0 Å². The Hall–Kier alpha value is -1.77. The minimum Gasteiger partial charge on any atom is -0.497 e. The van der Waals surface area contributed by atoms with E-state index in [2.05, 4.69) is 11.9 Å². The fraction of sp³-hybridized carbons (Fsp3) is 0.357. The van der Waals surface area contributed by atoms with Crippen molar-refractivity contribution in [2.24, 2.45) is 0 Å². The van der Waals surface area contributed by atoms with Gasteiger partial charge in [-0.05, 0) is 25.0 Å². The van der Waals surface area contributed by atoms with Crippen LogP contribution in [-0.2, 0) is 11.2 Å². The lowest BCUT2D eigenvalue weighted by molar-refractivity contribution is -0.115. The van der Waals surface area contributed by atoms with Gasteiger partial charge in [-0.1, -0.05) is 25.1 Å².